The van der Waals surface area contributed by atoms with Crippen molar-refractivity contribution < 1.29 is 24.6 Å². The van der Waals surface area contributed by atoms with Gasteiger partial charge in [-0.25, -0.2) is 10.9 Å². The van der Waals surface area contributed by atoms with Gasteiger partial charge in [0.25, 0.3) is 11.8 Å². The van der Waals surface area contributed by atoms with Crippen molar-refractivity contribution in [3.05, 3.63) is 59.7 Å². The van der Waals surface area contributed by atoms with E-state index >= 15 is 0 Å². The number of hydrogen-bond acceptors (Lipinski definition) is 7. The highest BCUT2D eigenvalue weighted by molar-refractivity contribution is 7.80. The van der Waals surface area contributed by atoms with Crippen LogP contribution < -0.4 is 16.7 Å². The molecular weight excluding hydrogens is 372 g/mol. The minimum Gasteiger partial charge on any atom is -0.507 e. The molecule has 0 saturated heterocycles. The molecule has 2 aromatic carbocycles. The van der Waals surface area contributed by atoms with Crippen molar-refractivity contribution in [2.45, 2.75) is 6.42 Å². The lowest BCUT2D eigenvalue weighted by atomic mass is 10.1. The number of phenolic OH excluding ortho intramolecular Hbond substituents is 2. The maximum Gasteiger partial charge on any atom is 0.281 e. The second kappa shape index (κ2) is 8.74. The number of para-hydroxylation sites is 2. The summed E-state index contributed by atoms with van der Waals surface area (Å²) in [6.45, 7) is 0. The maximum absolute atomic E-state index is 12.8. The Hall–Kier alpha value is -3.50. The van der Waals surface area contributed by atoms with E-state index < -0.39 is 24.1 Å². The zero-order chi connectivity index (χ0) is 20.0. The standard InChI is InChI=1S/C17H16N4O5S/c18-19-14(24)9-15(27)21(17(26)11-6-2-4-8-13(11)23)20-16(25)10-5-1-3-7-12(10)22/h1-8,22-23H,9,18H2,(H,19,24)(H,20,25). The van der Waals surface area contributed by atoms with Crippen molar-refractivity contribution in [3.8, 4) is 11.5 Å². The third-order valence-electron chi connectivity index (χ3n) is 3.42. The largest absolute Gasteiger partial charge is 0.507 e. The van der Waals surface area contributed by atoms with Gasteiger partial charge in [-0.2, -0.15) is 0 Å². The summed E-state index contributed by atoms with van der Waals surface area (Å²) in [5.74, 6) is 1.98. The Balaban J connectivity index is 2.35. The fraction of sp³-hybridized carbons (Fsp3) is 0.0588. The molecule has 0 unspecified atom stereocenters. The van der Waals surface area contributed by atoms with Crippen LogP contribution in [0.4, 0.5) is 0 Å². The molecule has 3 amide bonds. The van der Waals surface area contributed by atoms with Crippen LogP contribution in [-0.2, 0) is 4.79 Å². The number of amides is 3. The van der Waals surface area contributed by atoms with Crippen molar-refractivity contribution in [1.82, 2.24) is 15.9 Å². The van der Waals surface area contributed by atoms with Crippen molar-refractivity contribution in [2.75, 3.05) is 0 Å². The van der Waals surface area contributed by atoms with Crippen LogP contribution >= 0.6 is 12.2 Å². The predicted molar refractivity (Wildman–Crippen MR) is 99.4 cm³/mol. The van der Waals surface area contributed by atoms with E-state index in [9.17, 15) is 24.6 Å². The van der Waals surface area contributed by atoms with Crippen LogP contribution in [0.25, 0.3) is 0 Å². The van der Waals surface area contributed by atoms with E-state index in [-0.39, 0.29) is 27.6 Å². The molecule has 0 aliphatic heterocycles. The van der Waals surface area contributed by atoms with Gasteiger partial charge in [0.1, 0.15) is 16.5 Å². The Bertz CT molecular complexity index is 902. The Morgan fingerprint density at radius 3 is 2.00 bits per heavy atom. The third-order valence-corrected chi connectivity index (χ3v) is 3.75. The SMILES string of the molecule is NNC(=O)CC(=S)N(NC(=O)c1ccccc1O)C(=O)c1ccccc1O. The van der Waals surface area contributed by atoms with E-state index in [1.807, 2.05) is 5.43 Å². The van der Waals surface area contributed by atoms with Gasteiger partial charge in [-0.1, -0.05) is 36.5 Å². The van der Waals surface area contributed by atoms with Crippen LogP contribution in [0.2, 0.25) is 0 Å². The zero-order valence-electron chi connectivity index (χ0n) is 13.9. The molecule has 10 heteroatoms. The van der Waals surface area contributed by atoms with Gasteiger partial charge in [-0.05, 0) is 24.3 Å². The van der Waals surface area contributed by atoms with E-state index in [1.165, 1.54) is 48.5 Å². The number of rotatable bonds is 4. The molecule has 0 aliphatic carbocycles. The molecule has 2 rings (SSSR count). The quantitative estimate of drug-likeness (QED) is 0.223. The number of nitrogens with zero attached hydrogens (tertiary/aromatic N) is 1. The van der Waals surface area contributed by atoms with Gasteiger partial charge < -0.3 is 10.2 Å². The summed E-state index contributed by atoms with van der Waals surface area (Å²) in [7, 11) is 0. The number of hydrazine groups is 2. The molecule has 0 saturated carbocycles. The number of thiocarbonyl (C=S) groups is 1. The topological polar surface area (TPSA) is 145 Å². The predicted octanol–water partition coefficient (Wildman–Crippen LogP) is 0.592. The first kappa shape index (κ1) is 19.8. The molecule has 0 bridgehead atoms. The summed E-state index contributed by atoms with van der Waals surface area (Å²) in [6.07, 6.45) is -0.466. The van der Waals surface area contributed by atoms with Crippen LogP contribution in [0.5, 0.6) is 11.5 Å². The number of carbonyl (C=O) groups is 3. The number of benzene rings is 2. The molecule has 0 radical (unpaired) electrons. The van der Waals surface area contributed by atoms with Crippen LogP contribution in [-0.4, -0.2) is 37.9 Å². The molecule has 2 aromatic rings. The van der Waals surface area contributed by atoms with E-state index in [2.05, 4.69) is 5.43 Å². The summed E-state index contributed by atoms with van der Waals surface area (Å²) in [5, 5.41) is 20.3. The summed E-state index contributed by atoms with van der Waals surface area (Å²) in [6, 6.07) is 11.3. The van der Waals surface area contributed by atoms with Gasteiger partial charge in [-0.15, -0.1) is 0 Å². The first-order valence-corrected chi connectivity index (χ1v) is 7.99. The number of phenols is 2. The second-order valence-electron chi connectivity index (χ2n) is 5.25. The van der Waals surface area contributed by atoms with Crippen LogP contribution in [0.15, 0.2) is 48.5 Å². The highest BCUT2D eigenvalue weighted by Crippen LogP contribution is 2.19. The minimum atomic E-state index is -0.869. The van der Waals surface area contributed by atoms with Crippen LogP contribution in [0, 0.1) is 0 Å². The third kappa shape index (κ3) is 4.77. The average Bonchev–Trinajstić information content (AvgIpc) is 2.65. The first-order chi connectivity index (χ1) is 12.8. The summed E-state index contributed by atoms with van der Waals surface area (Å²) < 4.78 is 0. The lowest BCUT2D eigenvalue weighted by Gasteiger charge is -2.24. The molecule has 0 heterocycles. The van der Waals surface area contributed by atoms with Gasteiger partial charge in [0.2, 0.25) is 5.91 Å². The molecule has 6 N–H and O–H groups in total. The van der Waals surface area contributed by atoms with Gasteiger partial charge >= 0.3 is 0 Å². The van der Waals surface area contributed by atoms with E-state index in [1.54, 1.807) is 0 Å². The summed E-state index contributed by atoms with van der Waals surface area (Å²) >= 11 is 5.07. The van der Waals surface area contributed by atoms with Gasteiger partial charge in [0.05, 0.1) is 17.5 Å². The van der Waals surface area contributed by atoms with E-state index in [4.69, 9.17) is 18.1 Å². The first-order valence-electron chi connectivity index (χ1n) is 7.59. The van der Waals surface area contributed by atoms with Gasteiger partial charge in [0.15, 0.2) is 0 Å². The van der Waals surface area contributed by atoms with E-state index in [0.29, 0.717) is 5.01 Å². The van der Waals surface area contributed by atoms with Crippen LogP contribution in [0.1, 0.15) is 27.1 Å². The second-order valence-corrected chi connectivity index (χ2v) is 5.73. The zero-order valence-corrected chi connectivity index (χ0v) is 14.7. The van der Waals surface area contributed by atoms with Crippen molar-refractivity contribution >= 4 is 34.9 Å². The lowest BCUT2D eigenvalue weighted by Crippen LogP contribution is -2.50. The Morgan fingerprint density at radius 2 is 1.48 bits per heavy atom. The molecule has 27 heavy (non-hydrogen) atoms. The molecule has 9 nitrogen and oxygen atoms in total. The number of carbonyl (C=O) groups excluding carboxylic acids is 3. The highest BCUT2D eigenvalue weighted by Gasteiger charge is 2.26. The smallest absolute Gasteiger partial charge is 0.281 e. The van der Waals surface area contributed by atoms with Crippen LogP contribution in [0.3, 0.4) is 0 Å². The minimum absolute atomic E-state index is 0.112. The summed E-state index contributed by atoms with van der Waals surface area (Å²) in [4.78, 5) is 36.4. The fourth-order valence-electron chi connectivity index (χ4n) is 2.10. The van der Waals surface area contributed by atoms with Crippen molar-refractivity contribution in [3.63, 3.8) is 0 Å². The Morgan fingerprint density at radius 1 is 0.963 bits per heavy atom. The van der Waals surface area contributed by atoms with E-state index in [0.717, 1.165) is 0 Å². The lowest BCUT2D eigenvalue weighted by molar-refractivity contribution is -0.120. The molecule has 140 valence electrons. The van der Waals surface area contributed by atoms with Gasteiger partial charge in [-0.3, -0.25) is 25.2 Å². The maximum atomic E-state index is 12.8. The molecule has 0 spiro atoms. The molecule has 0 atom stereocenters. The van der Waals surface area contributed by atoms with Crippen molar-refractivity contribution in [1.29, 1.82) is 0 Å². The number of hydrogen-bond donors (Lipinski definition) is 5. The monoisotopic (exact) mass is 388 g/mol. The summed E-state index contributed by atoms with van der Waals surface area (Å²) in [5.41, 5.74) is 3.85. The Labute approximate surface area is 159 Å². The normalized spacial score (nSPS) is 9.96. The molecule has 0 aliphatic rings. The molecule has 0 aromatic heterocycles. The Kier molecular flexibility index (Phi) is 6.41. The number of nitrogens with two attached hydrogens (primary N) is 1. The number of nitrogens with one attached hydrogen (secondary N) is 2. The fourth-order valence-corrected chi connectivity index (χ4v) is 2.36. The molecule has 0 fully saturated rings. The average molecular weight is 388 g/mol. The molecular formula is C17H16N4O5S. The highest BCUT2D eigenvalue weighted by atomic mass is 32.1. The van der Waals surface area contributed by atoms with Gasteiger partial charge in [0, 0.05) is 0 Å². The van der Waals surface area contributed by atoms with Crippen molar-refractivity contribution in [2.24, 2.45) is 5.84 Å². The number of aromatic hydroxyl groups is 2.